The van der Waals surface area contributed by atoms with Crippen LogP contribution in [0.5, 0.6) is 0 Å². The lowest BCUT2D eigenvalue weighted by molar-refractivity contribution is -0.237. The van der Waals surface area contributed by atoms with Gasteiger partial charge in [-0.3, -0.25) is 47.9 Å². The third-order valence-electron chi connectivity index (χ3n) is 8.99. The van der Waals surface area contributed by atoms with Gasteiger partial charge in [0.25, 0.3) is 0 Å². The zero-order valence-corrected chi connectivity index (χ0v) is 39.4. The minimum atomic E-state index is -1.39. The van der Waals surface area contributed by atoms with Crippen LogP contribution in [0.4, 0.5) is 0 Å². The van der Waals surface area contributed by atoms with Gasteiger partial charge in [-0.25, -0.2) is 4.79 Å². The lowest BCUT2D eigenvalue weighted by Crippen LogP contribution is -2.61. The molecular weight excluding hydrogens is 925 g/mol. The molecule has 0 saturated carbocycles. The maximum absolute atomic E-state index is 12.9. The number of carboxylic acid groups (broad SMARTS) is 1. The molecule has 2 aliphatic rings. The first-order chi connectivity index (χ1) is 31.0. The van der Waals surface area contributed by atoms with E-state index in [1.165, 1.54) is 0 Å². The predicted octanol–water partition coefficient (Wildman–Crippen LogP) is 0.255. The summed E-state index contributed by atoms with van der Waals surface area (Å²) in [7, 11) is 0. The van der Waals surface area contributed by atoms with Crippen LogP contribution in [-0.4, -0.2) is 168 Å². The molecule has 0 bridgehead atoms. The largest absolute Gasteiger partial charge is 0.480 e. The molecule has 2 aliphatic heterocycles. The number of rotatable bonds is 25. The van der Waals surface area contributed by atoms with Crippen molar-refractivity contribution >= 4 is 89.1 Å². The Kier molecular flexibility index (Phi) is 24.8. The van der Waals surface area contributed by atoms with Gasteiger partial charge in [0.2, 0.25) is 11.8 Å². The molecule has 2 amide bonds. The van der Waals surface area contributed by atoms with Gasteiger partial charge >= 0.3 is 53.7 Å². The van der Waals surface area contributed by atoms with E-state index in [9.17, 15) is 57.8 Å². The number of hydrogen-bond acceptors (Lipinski definition) is 23. The quantitative estimate of drug-likeness (QED) is 0.0627. The van der Waals surface area contributed by atoms with Crippen LogP contribution in [0.3, 0.4) is 0 Å². The number of esters is 8. The molecule has 3 N–H and O–H groups in total. The number of carbonyl (C=O) groups is 11. The van der Waals surface area contributed by atoms with Gasteiger partial charge in [0.1, 0.15) is 42.3 Å². The van der Waals surface area contributed by atoms with Gasteiger partial charge in [0.15, 0.2) is 36.6 Å². The van der Waals surface area contributed by atoms with Gasteiger partial charge in [-0.1, -0.05) is 0 Å². The second kappa shape index (κ2) is 28.7. The molecule has 372 valence electrons. The van der Waals surface area contributed by atoms with Crippen LogP contribution in [0, 0.1) is 0 Å². The third-order valence-corrected chi connectivity index (χ3v) is 11.3. The van der Waals surface area contributed by atoms with E-state index in [4.69, 9.17) is 47.4 Å². The molecule has 0 unspecified atom stereocenters. The van der Waals surface area contributed by atoms with Crippen LogP contribution in [0.2, 0.25) is 0 Å². The molecular formula is C40H58N2O22S2. The number of amides is 2. The van der Waals surface area contributed by atoms with E-state index in [2.05, 4.69) is 10.6 Å². The molecule has 26 heteroatoms. The predicted molar refractivity (Wildman–Crippen MR) is 224 cm³/mol. The first-order valence-corrected chi connectivity index (χ1v) is 22.7. The number of unbranched alkanes of at least 4 members (excludes halogenated alkanes) is 1. The van der Waals surface area contributed by atoms with Crippen LogP contribution in [-0.2, 0) is 100 Å². The number of carboxylic acids is 1. The summed E-state index contributed by atoms with van der Waals surface area (Å²) in [6.45, 7) is 8.16. The molecule has 24 nitrogen and oxygen atoms in total. The summed E-state index contributed by atoms with van der Waals surface area (Å²) in [5, 5.41) is 15.0. The zero-order valence-electron chi connectivity index (χ0n) is 37.8. The smallest absolute Gasteiger partial charge is 0.326 e. The van der Waals surface area contributed by atoms with Crippen LogP contribution in [0.25, 0.3) is 0 Å². The summed E-state index contributed by atoms with van der Waals surface area (Å²) in [5.74, 6) is -8.37. The maximum Gasteiger partial charge on any atom is 0.326 e. The minimum Gasteiger partial charge on any atom is -0.480 e. The lowest BCUT2D eigenvalue weighted by Gasteiger charge is -2.44. The van der Waals surface area contributed by atoms with Crippen molar-refractivity contribution in [2.75, 3.05) is 31.3 Å². The monoisotopic (exact) mass is 982 g/mol. The molecule has 2 fully saturated rings. The lowest BCUT2D eigenvalue weighted by atomic mass is 9.99. The summed E-state index contributed by atoms with van der Waals surface area (Å²) in [6.07, 6.45) is -10.1. The molecule has 66 heavy (non-hydrogen) atoms. The van der Waals surface area contributed by atoms with E-state index in [-0.39, 0.29) is 43.7 Å². The molecule has 0 spiro atoms. The van der Waals surface area contributed by atoms with Crippen LogP contribution < -0.4 is 10.6 Å². The second-order valence-electron chi connectivity index (χ2n) is 14.7. The summed E-state index contributed by atoms with van der Waals surface area (Å²) in [4.78, 5) is 133. The summed E-state index contributed by atoms with van der Waals surface area (Å²) in [6, 6.07) is -1.29. The third kappa shape index (κ3) is 21.0. The SMILES string of the molecule is CC(=O)OC[C@H]1O[C@H](SCCC(=O)NCCCC[C@H](NC(=O)CCS[C@H]2O[C@H](COC(C)=O)[C@@H](OC(C)=O)[C@H](OC(C)=O)[C@@H]2OC(C)=O)C(=O)O)[C@@H](OC(C)=O)[C@@H](OC(C)=O)[C@@H]1OC(C)=O. The van der Waals surface area contributed by atoms with Crippen LogP contribution in [0.15, 0.2) is 0 Å². The van der Waals surface area contributed by atoms with E-state index < -0.39 is 144 Å². The first kappa shape index (κ1) is 56.9. The van der Waals surface area contributed by atoms with Crippen molar-refractivity contribution in [1.82, 2.24) is 10.6 Å². The number of nitrogens with one attached hydrogen (secondary N) is 2. The Morgan fingerprint density at radius 1 is 0.500 bits per heavy atom. The molecule has 0 aliphatic carbocycles. The van der Waals surface area contributed by atoms with Gasteiger partial charge in [-0.2, -0.15) is 0 Å². The molecule has 0 aromatic carbocycles. The fourth-order valence-electron chi connectivity index (χ4n) is 6.49. The van der Waals surface area contributed by atoms with Crippen LogP contribution in [0.1, 0.15) is 87.5 Å². The average Bonchev–Trinajstić information content (AvgIpc) is 3.18. The Balaban J connectivity index is 1.95. The highest BCUT2D eigenvalue weighted by molar-refractivity contribution is 8.00. The van der Waals surface area contributed by atoms with Gasteiger partial charge < -0.3 is 63.1 Å². The van der Waals surface area contributed by atoms with Crippen molar-refractivity contribution < 1.29 is 105 Å². The van der Waals surface area contributed by atoms with Gasteiger partial charge in [-0.15, -0.1) is 23.5 Å². The van der Waals surface area contributed by atoms with E-state index >= 15 is 0 Å². The number of aliphatic carboxylic acids is 1. The Morgan fingerprint density at radius 3 is 1.23 bits per heavy atom. The number of carbonyl (C=O) groups excluding carboxylic acids is 10. The van der Waals surface area contributed by atoms with Gasteiger partial charge in [0.05, 0.1) is 0 Å². The highest BCUT2D eigenvalue weighted by Crippen LogP contribution is 2.36. The second-order valence-corrected chi connectivity index (χ2v) is 17.1. The number of ether oxygens (including phenoxy) is 10. The number of hydrogen-bond donors (Lipinski definition) is 3. The molecule has 0 radical (unpaired) electrons. The fraction of sp³-hybridized carbons (Fsp3) is 0.725. The Hall–Kier alpha value is -5.21. The first-order valence-electron chi connectivity index (χ1n) is 20.6. The highest BCUT2D eigenvalue weighted by atomic mass is 32.2. The van der Waals surface area contributed by atoms with Gasteiger partial charge in [0, 0.05) is 86.3 Å². The Labute approximate surface area is 388 Å². The fourth-order valence-corrected chi connectivity index (χ4v) is 8.81. The molecule has 2 saturated heterocycles. The Bertz CT molecular complexity index is 1750. The van der Waals surface area contributed by atoms with Crippen molar-refractivity contribution in [2.24, 2.45) is 0 Å². The summed E-state index contributed by atoms with van der Waals surface area (Å²) >= 11 is 1.98. The topological polar surface area (TPSA) is 324 Å². The average molecular weight is 983 g/mol. The zero-order chi connectivity index (χ0) is 49.7. The molecule has 2 rings (SSSR count). The standard InChI is InChI=1S/C40H58N2O22S2/c1-19(43)55-17-28-32(57-21(3)45)34(59-23(5)47)36(61-25(7)49)39(63-28)65-15-12-30(51)41-14-10-9-11-27(38(53)54)42-31(52)13-16-66-40-37(62-26(8)50)35(60-24(6)48)33(58-22(4)46)29(64-40)18-56-20(2)44/h27-29,32-37,39-40H,9-18H2,1-8H3,(H,41,51)(H,42,52)(H,53,54)/t27-,28+,29+,32+,33+,34-,35-,36-,37-,39+,40+/m0/s1. The normalized spacial score (nSPS) is 25.0. The number of thioether (sulfide) groups is 2. The minimum absolute atomic E-state index is 0.00251. The van der Waals surface area contributed by atoms with E-state index in [0.717, 1.165) is 78.9 Å². The van der Waals surface area contributed by atoms with E-state index in [0.29, 0.717) is 6.42 Å². The van der Waals surface area contributed by atoms with E-state index in [1.807, 2.05) is 0 Å². The Morgan fingerprint density at radius 2 is 0.864 bits per heavy atom. The van der Waals surface area contributed by atoms with E-state index in [1.54, 1.807) is 0 Å². The summed E-state index contributed by atoms with van der Waals surface area (Å²) < 4.78 is 54.5. The van der Waals surface area contributed by atoms with Crippen molar-refractivity contribution in [3.8, 4) is 0 Å². The maximum atomic E-state index is 12.9. The molecule has 11 atom stereocenters. The van der Waals surface area contributed by atoms with Gasteiger partial charge in [-0.05, 0) is 19.3 Å². The highest BCUT2D eigenvalue weighted by Gasteiger charge is 2.53. The van der Waals surface area contributed by atoms with Crippen molar-refractivity contribution in [2.45, 2.75) is 153 Å². The van der Waals surface area contributed by atoms with Crippen molar-refractivity contribution in [1.29, 1.82) is 0 Å². The molecule has 0 aromatic rings. The van der Waals surface area contributed by atoms with Crippen molar-refractivity contribution in [3.63, 3.8) is 0 Å². The molecule has 2 heterocycles. The van der Waals surface area contributed by atoms with Crippen LogP contribution >= 0.6 is 23.5 Å². The van der Waals surface area contributed by atoms with Crippen molar-refractivity contribution in [3.05, 3.63) is 0 Å². The summed E-state index contributed by atoms with van der Waals surface area (Å²) in [5.41, 5.74) is -2.20. The molecule has 0 aromatic heterocycles.